The predicted octanol–water partition coefficient (Wildman–Crippen LogP) is 1.28. The first kappa shape index (κ1) is 17.9. The maximum Gasteiger partial charge on any atom is 0.233 e. The van der Waals surface area contributed by atoms with Crippen LogP contribution in [-0.2, 0) is 9.59 Å². The van der Waals surface area contributed by atoms with E-state index < -0.39 is 0 Å². The summed E-state index contributed by atoms with van der Waals surface area (Å²) < 4.78 is 0. The number of allylic oxidation sites excluding steroid dienone is 2. The quantitative estimate of drug-likeness (QED) is 0.596. The number of aromatic nitrogens is 3. The van der Waals surface area contributed by atoms with Crippen molar-refractivity contribution in [3.63, 3.8) is 0 Å². The molecule has 2 amide bonds. The molecule has 0 aromatic carbocycles. The van der Waals surface area contributed by atoms with Crippen LogP contribution in [0.15, 0.2) is 12.2 Å². The molecule has 1 saturated heterocycles. The third-order valence-corrected chi connectivity index (χ3v) is 5.74. The first-order valence-electron chi connectivity index (χ1n) is 9.57. The molecule has 1 aromatic heterocycles. The molecule has 2 heterocycles. The van der Waals surface area contributed by atoms with E-state index in [-0.39, 0.29) is 41.4 Å². The summed E-state index contributed by atoms with van der Waals surface area (Å²) in [5.74, 6) is 2.11. The van der Waals surface area contributed by atoms with Crippen LogP contribution in [0.25, 0.3) is 0 Å². The van der Waals surface area contributed by atoms with Crippen LogP contribution >= 0.6 is 0 Å². The number of carbonyl (C=O) groups is 2. The lowest BCUT2D eigenvalue weighted by Gasteiger charge is -2.18. The van der Waals surface area contributed by atoms with Gasteiger partial charge in [-0.05, 0) is 18.3 Å². The van der Waals surface area contributed by atoms with Crippen molar-refractivity contribution in [1.29, 1.82) is 0 Å². The Morgan fingerprint density at radius 1 is 1.11 bits per heavy atom. The fourth-order valence-electron chi connectivity index (χ4n) is 4.38. The highest BCUT2D eigenvalue weighted by Gasteiger charge is 2.58. The molecule has 144 valence electrons. The number of anilines is 2. The van der Waals surface area contributed by atoms with E-state index in [1.807, 2.05) is 32.8 Å². The molecule has 27 heavy (non-hydrogen) atoms. The molecule has 8 nitrogen and oxygen atoms in total. The van der Waals surface area contributed by atoms with Gasteiger partial charge in [0, 0.05) is 33.1 Å². The summed E-state index contributed by atoms with van der Waals surface area (Å²) >= 11 is 0. The molecule has 1 aliphatic heterocycles. The van der Waals surface area contributed by atoms with Gasteiger partial charge < -0.3 is 10.2 Å². The molecule has 2 aliphatic carbocycles. The molecule has 4 unspecified atom stereocenters. The molecule has 0 radical (unpaired) electrons. The van der Waals surface area contributed by atoms with Gasteiger partial charge >= 0.3 is 0 Å². The van der Waals surface area contributed by atoms with Gasteiger partial charge in [0.05, 0.1) is 11.8 Å². The van der Waals surface area contributed by atoms with Gasteiger partial charge in [0.2, 0.25) is 23.7 Å². The SMILES string of the molecule is CC(C)c1nc(NCCN2C(=O)C3C4C=CC(C4)C3C2=O)nc(N(C)C)n1. The normalized spacial score (nSPS) is 28.4. The van der Waals surface area contributed by atoms with Crippen molar-refractivity contribution in [3.8, 4) is 0 Å². The zero-order valence-corrected chi connectivity index (χ0v) is 16.2. The van der Waals surface area contributed by atoms with Crippen LogP contribution in [0, 0.1) is 23.7 Å². The smallest absolute Gasteiger partial charge is 0.233 e. The third kappa shape index (κ3) is 2.96. The average Bonchev–Trinajstić information content (AvgIpc) is 3.30. The molecule has 3 aliphatic rings. The number of nitrogens with zero attached hydrogens (tertiary/aromatic N) is 5. The van der Waals surface area contributed by atoms with Gasteiger partial charge in [-0.3, -0.25) is 14.5 Å². The highest BCUT2D eigenvalue weighted by Crippen LogP contribution is 2.52. The maximum absolute atomic E-state index is 12.7. The summed E-state index contributed by atoms with van der Waals surface area (Å²) in [5.41, 5.74) is 0. The second-order valence-corrected chi connectivity index (χ2v) is 8.12. The second kappa shape index (κ2) is 6.58. The minimum absolute atomic E-state index is 0.0175. The van der Waals surface area contributed by atoms with Crippen LogP contribution in [0.1, 0.15) is 32.0 Å². The minimum Gasteiger partial charge on any atom is -0.352 e. The Bertz CT molecular complexity index is 749. The van der Waals surface area contributed by atoms with Crippen molar-refractivity contribution < 1.29 is 9.59 Å². The third-order valence-electron chi connectivity index (χ3n) is 5.74. The number of likely N-dealkylation sites (tertiary alicyclic amines) is 1. The second-order valence-electron chi connectivity index (χ2n) is 8.12. The molecule has 4 rings (SSSR count). The Hall–Kier alpha value is -2.51. The van der Waals surface area contributed by atoms with E-state index >= 15 is 0 Å². The number of carbonyl (C=O) groups excluding carboxylic acids is 2. The zero-order chi connectivity index (χ0) is 19.3. The van der Waals surface area contributed by atoms with Gasteiger partial charge in [-0.15, -0.1) is 0 Å². The van der Waals surface area contributed by atoms with E-state index in [9.17, 15) is 9.59 Å². The molecule has 1 N–H and O–H groups in total. The van der Waals surface area contributed by atoms with Gasteiger partial charge in [0.25, 0.3) is 0 Å². The highest BCUT2D eigenvalue weighted by atomic mass is 16.2. The Labute approximate surface area is 159 Å². The van der Waals surface area contributed by atoms with Crippen molar-refractivity contribution >= 4 is 23.7 Å². The van der Waals surface area contributed by atoms with Crippen molar-refractivity contribution in [2.45, 2.75) is 26.2 Å². The summed E-state index contributed by atoms with van der Waals surface area (Å²) in [6.07, 6.45) is 5.18. The Kier molecular flexibility index (Phi) is 4.36. The molecule has 1 aromatic rings. The average molecular weight is 370 g/mol. The summed E-state index contributed by atoms with van der Waals surface area (Å²) in [6, 6.07) is 0. The Balaban J connectivity index is 1.42. The molecule has 2 fully saturated rings. The standard InChI is InChI=1S/C19H26N6O2/c1-10(2)15-21-18(23-19(22-15)24(3)4)20-7-8-25-16(26)13-11-5-6-12(9-11)14(13)17(25)27/h5-6,10-14H,7-9H2,1-4H3,(H,20,21,22,23). The number of hydrogen-bond donors (Lipinski definition) is 1. The van der Waals surface area contributed by atoms with Crippen LogP contribution in [0.5, 0.6) is 0 Å². The molecule has 2 bridgehead atoms. The van der Waals surface area contributed by atoms with Crippen LogP contribution in [0.3, 0.4) is 0 Å². The fraction of sp³-hybridized carbons (Fsp3) is 0.632. The maximum atomic E-state index is 12.7. The lowest BCUT2D eigenvalue weighted by atomic mass is 9.85. The Morgan fingerprint density at radius 3 is 2.30 bits per heavy atom. The summed E-state index contributed by atoms with van der Waals surface area (Å²) in [7, 11) is 3.76. The molecular weight excluding hydrogens is 344 g/mol. The summed E-state index contributed by atoms with van der Waals surface area (Å²) in [5, 5.41) is 3.16. The van der Waals surface area contributed by atoms with Crippen molar-refractivity contribution in [2.24, 2.45) is 23.7 Å². The van der Waals surface area contributed by atoms with Crippen LogP contribution < -0.4 is 10.2 Å². The van der Waals surface area contributed by atoms with Gasteiger partial charge in [-0.1, -0.05) is 26.0 Å². The fourth-order valence-corrected chi connectivity index (χ4v) is 4.38. The first-order valence-corrected chi connectivity index (χ1v) is 9.57. The van der Waals surface area contributed by atoms with E-state index in [1.165, 1.54) is 4.90 Å². The molecule has 4 atom stereocenters. The number of amides is 2. The van der Waals surface area contributed by atoms with E-state index in [4.69, 9.17) is 0 Å². The van der Waals surface area contributed by atoms with Crippen molar-refractivity contribution in [2.75, 3.05) is 37.4 Å². The van der Waals surface area contributed by atoms with E-state index in [1.54, 1.807) is 0 Å². The lowest BCUT2D eigenvalue weighted by molar-refractivity contribution is -0.140. The topological polar surface area (TPSA) is 91.3 Å². The minimum atomic E-state index is -0.141. The van der Waals surface area contributed by atoms with Gasteiger partial charge in [-0.2, -0.15) is 15.0 Å². The van der Waals surface area contributed by atoms with Crippen LogP contribution in [0.4, 0.5) is 11.9 Å². The summed E-state index contributed by atoms with van der Waals surface area (Å²) in [6.45, 7) is 4.82. The monoisotopic (exact) mass is 370 g/mol. The first-order chi connectivity index (χ1) is 12.9. The highest BCUT2D eigenvalue weighted by molar-refractivity contribution is 6.06. The number of nitrogens with one attached hydrogen (secondary N) is 1. The van der Waals surface area contributed by atoms with Crippen LogP contribution in [-0.4, -0.2) is 58.9 Å². The van der Waals surface area contributed by atoms with Crippen LogP contribution in [0.2, 0.25) is 0 Å². The number of hydrogen-bond acceptors (Lipinski definition) is 7. The van der Waals surface area contributed by atoms with Gasteiger partial charge in [0.1, 0.15) is 5.82 Å². The molecule has 0 spiro atoms. The zero-order valence-electron chi connectivity index (χ0n) is 16.2. The van der Waals surface area contributed by atoms with Crippen molar-refractivity contribution in [1.82, 2.24) is 19.9 Å². The molecule has 8 heteroatoms. The molecular formula is C19H26N6O2. The van der Waals surface area contributed by atoms with Crippen molar-refractivity contribution in [3.05, 3.63) is 18.0 Å². The summed E-state index contributed by atoms with van der Waals surface area (Å²) in [4.78, 5) is 42.0. The lowest BCUT2D eigenvalue weighted by Crippen LogP contribution is -2.36. The largest absolute Gasteiger partial charge is 0.352 e. The number of fused-ring (bicyclic) bond motifs is 5. The Morgan fingerprint density at radius 2 is 1.74 bits per heavy atom. The van der Waals surface area contributed by atoms with Gasteiger partial charge in [0.15, 0.2) is 0 Å². The number of rotatable bonds is 6. The van der Waals surface area contributed by atoms with Gasteiger partial charge in [-0.25, -0.2) is 0 Å². The van der Waals surface area contributed by atoms with E-state index in [0.717, 1.165) is 6.42 Å². The molecule has 1 saturated carbocycles. The number of imide groups is 1. The van der Waals surface area contributed by atoms with E-state index in [2.05, 4.69) is 32.4 Å². The predicted molar refractivity (Wildman–Crippen MR) is 101 cm³/mol. The van der Waals surface area contributed by atoms with E-state index in [0.29, 0.717) is 30.8 Å².